The van der Waals surface area contributed by atoms with Gasteiger partial charge in [-0.05, 0) is 42.9 Å². The zero-order valence-corrected chi connectivity index (χ0v) is 11.4. The van der Waals surface area contributed by atoms with Gasteiger partial charge < -0.3 is 0 Å². The standard InChI is InChI=1S/C16H21NO2/c1-11-12-5-6-13(10-12)14(11)4-2-3-9-17-15(18)7-8-16(17)19/h5-8,11-14H,2-4,9-10H2,1H3. The van der Waals surface area contributed by atoms with Crippen molar-refractivity contribution in [3.63, 3.8) is 0 Å². The first kappa shape index (κ1) is 12.6. The van der Waals surface area contributed by atoms with Gasteiger partial charge in [0.2, 0.25) is 0 Å². The average Bonchev–Trinajstić information content (AvgIpc) is 3.05. The third-order valence-corrected chi connectivity index (χ3v) is 5.12. The van der Waals surface area contributed by atoms with Gasteiger partial charge in [-0.3, -0.25) is 14.5 Å². The van der Waals surface area contributed by atoms with Crippen LogP contribution in [0.2, 0.25) is 0 Å². The minimum atomic E-state index is -0.152. The number of hydrogen-bond acceptors (Lipinski definition) is 2. The highest BCUT2D eigenvalue weighted by molar-refractivity contribution is 6.12. The lowest BCUT2D eigenvalue weighted by atomic mass is 9.81. The number of allylic oxidation sites excluding steroid dienone is 2. The van der Waals surface area contributed by atoms with Crippen LogP contribution in [-0.2, 0) is 9.59 Å². The minimum absolute atomic E-state index is 0.152. The van der Waals surface area contributed by atoms with E-state index in [1.54, 1.807) is 0 Å². The van der Waals surface area contributed by atoms with Crippen LogP contribution in [0, 0.1) is 23.7 Å². The molecule has 1 fully saturated rings. The molecular formula is C16H21NO2. The van der Waals surface area contributed by atoms with Gasteiger partial charge in [0.05, 0.1) is 0 Å². The summed E-state index contributed by atoms with van der Waals surface area (Å²) in [7, 11) is 0. The second-order valence-electron chi connectivity index (χ2n) is 6.13. The summed E-state index contributed by atoms with van der Waals surface area (Å²) >= 11 is 0. The lowest BCUT2D eigenvalue weighted by Crippen LogP contribution is -2.31. The van der Waals surface area contributed by atoms with Gasteiger partial charge in [-0.25, -0.2) is 0 Å². The molecule has 102 valence electrons. The normalized spacial score (nSPS) is 35.9. The van der Waals surface area contributed by atoms with E-state index >= 15 is 0 Å². The summed E-state index contributed by atoms with van der Waals surface area (Å²) in [4.78, 5) is 24.2. The van der Waals surface area contributed by atoms with Gasteiger partial charge in [0, 0.05) is 18.7 Å². The van der Waals surface area contributed by atoms with E-state index in [1.807, 2.05) is 0 Å². The molecule has 0 radical (unpaired) electrons. The maximum absolute atomic E-state index is 11.4. The van der Waals surface area contributed by atoms with E-state index in [-0.39, 0.29) is 11.8 Å². The topological polar surface area (TPSA) is 37.4 Å². The Labute approximate surface area is 114 Å². The molecule has 0 N–H and O–H groups in total. The average molecular weight is 259 g/mol. The first-order valence-electron chi connectivity index (χ1n) is 7.38. The number of fused-ring (bicyclic) bond motifs is 2. The van der Waals surface area contributed by atoms with Gasteiger partial charge in [0.25, 0.3) is 11.8 Å². The Morgan fingerprint density at radius 2 is 1.79 bits per heavy atom. The molecule has 19 heavy (non-hydrogen) atoms. The van der Waals surface area contributed by atoms with E-state index in [0.29, 0.717) is 6.54 Å². The summed E-state index contributed by atoms with van der Waals surface area (Å²) < 4.78 is 0. The summed E-state index contributed by atoms with van der Waals surface area (Å²) in [6.45, 7) is 2.95. The molecule has 0 spiro atoms. The Morgan fingerprint density at radius 1 is 1.11 bits per heavy atom. The third kappa shape index (κ3) is 2.26. The van der Waals surface area contributed by atoms with Gasteiger partial charge in [0.15, 0.2) is 0 Å². The predicted molar refractivity (Wildman–Crippen MR) is 73.1 cm³/mol. The smallest absolute Gasteiger partial charge is 0.253 e. The van der Waals surface area contributed by atoms with E-state index < -0.39 is 0 Å². The summed E-state index contributed by atoms with van der Waals surface area (Å²) in [5.74, 6) is 2.92. The van der Waals surface area contributed by atoms with Crippen molar-refractivity contribution in [1.29, 1.82) is 0 Å². The molecular weight excluding hydrogens is 238 g/mol. The first-order valence-corrected chi connectivity index (χ1v) is 7.38. The van der Waals surface area contributed by atoms with Crippen LogP contribution in [0.25, 0.3) is 0 Å². The fourth-order valence-corrected chi connectivity index (χ4v) is 3.95. The molecule has 1 aliphatic heterocycles. The molecule has 2 amide bonds. The van der Waals surface area contributed by atoms with E-state index in [0.717, 1.165) is 36.5 Å². The van der Waals surface area contributed by atoms with Crippen LogP contribution in [0.1, 0.15) is 32.6 Å². The summed E-state index contributed by atoms with van der Waals surface area (Å²) in [5, 5.41) is 0. The van der Waals surface area contributed by atoms with Crippen molar-refractivity contribution in [2.75, 3.05) is 6.54 Å². The molecule has 3 aliphatic rings. The van der Waals surface area contributed by atoms with E-state index in [1.165, 1.54) is 29.9 Å². The quantitative estimate of drug-likeness (QED) is 0.432. The predicted octanol–water partition coefficient (Wildman–Crippen LogP) is 2.54. The second-order valence-corrected chi connectivity index (χ2v) is 6.13. The van der Waals surface area contributed by atoms with Crippen molar-refractivity contribution >= 4 is 11.8 Å². The number of hydrogen-bond donors (Lipinski definition) is 0. The Morgan fingerprint density at radius 3 is 2.42 bits per heavy atom. The number of carbonyl (C=O) groups excluding carboxylic acids is 2. The molecule has 0 aromatic heterocycles. The molecule has 0 aromatic carbocycles. The van der Waals surface area contributed by atoms with Crippen LogP contribution < -0.4 is 0 Å². The lowest BCUT2D eigenvalue weighted by Gasteiger charge is -2.25. The second kappa shape index (κ2) is 4.95. The van der Waals surface area contributed by atoms with Crippen LogP contribution in [0.15, 0.2) is 24.3 Å². The maximum Gasteiger partial charge on any atom is 0.253 e. The summed E-state index contributed by atoms with van der Waals surface area (Å²) in [6.07, 6.45) is 12.1. The number of amides is 2. The molecule has 2 bridgehead atoms. The fourth-order valence-electron chi connectivity index (χ4n) is 3.95. The van der Waals surface area contributed by atoms with E-state index in [2.05, 4.69) is 19.1 Å². The zero-order valence-electron chi connectivity index (χ0n) is 11.4. The molecule has 1 heterocycles. The van der Waals surface area contributed by atoms with Crippen LogP contribution in [0.5, 0.6) is 0 Å². The summed E-state index contributed by atoms with van der Waals surface area (Å²) in [5.41, 5.74) is 0. The molecule has 0 saturated heterocycles. The Kier molecular flexibility index (Phi) is 3.29. The molecule has 3 rings (SSSR count). The highest BCUT2D eigenvalue weighted by Crippen LogP contribution is 2.49. The number of carbonyl (C=O) groups is 2. The van der Waals surface area contributed by atoms with Crippen molar-refractivity contribution in [2.45, 2.75) is 32.6 Å². The molecule has 2 aliphatic carbocycles. The van der Waals surface area contributed by atoms with E-state index in [9.17, 15) is 9.59 Å². The lowest BCUT2D eigenvalue weighted by molar-refractivity contribution is -0.136. The molecule has 3 heteroatoms. The molecule has 4 atom stereocenters. The van der Waals surface area contributed by atoms with Crippen LogP contribution >= 0.6 is 0 Å². The number of nitrogens with zero attached hydrogens (tertiary/aromatic N) is 1. The van der Waals surface area contributed by atoms with Crippen LogP contribution in [0.3, 0.4) is 0 Å². The van der Waals surface area contributed by atoms with Gasteiger partial charge >= 0.3 is 0 Å². The van der Waals surface area contributed by atoms with Crippen LogP contribution in [0.4, 0.5) is 0 Å². The molecule has 1 saturated carbocycles. The molecule has 3 nitrogen and oxygen atoms in total. The number of rotatable bonds is 5. The van der Waals surface area contributed by atoms with Crippen molar-refractivity contribution in [3.8, 4) is 0 Å². The number of imide groups is 1. The largest absolute Gasteiger partial charge is 0.275 e. The Balaban J connectivity index is 1.41. The Hall–Kier alpha value is -1.38. The summed E-state index contributed by atoms with van der Waals surface area (Å²) in [6, 6.07) is 0. The minimum Gasteiger partial charge on any atom is -0.275 e. The third-order valence-electron chi connectivity index (χ3n) is 5.12. The SMILES string of the molecule is CC1C2C=CC(C2)C1CCCCN1C(=O)C=CC1=O. The highest BCUT2D eigenvalue weighted by Gasteiger charge is 2.41. The maximum atomic E-state index is 11.4. The number of unbranched alkanes of at least 4 members (excludes halogenated alkanes) is 1. The van der Waals surface area contributed by atoms with Gasteiger partial charge in [-0.1, -0.05) is 25.5 Å². The van der Waals surface area contributed by atoms with Crippen molar-refractivity contribution in [1.82, 2.24) is 4.90 Å². The Bertz CT molecular complexity index is 434. The molecule has 0 aromatic rings. The van der Waals surface area contributed by atoms with Gasteiger partial charge in [-0.2, -0.15) is 0 Å². The van der Waals surface area contributed by atoms with Gasteiger partial charge in [-0.15, -0.1) is 0 Å². The highest BCUT2D eigenvalue weighted by atomic mass is 16.2. The van der Waals surface area contributed by atoms with Crippen molar-refractivity contribution in [2.24, 2.45) is 23.7 Å². The monoisotopic (exact) mass is 259 g/mol. The molecule has 4 unspecified atom stereocenters. The van der Waals surface area contributed by atoms with Crippen molar-refractivity contribution < 1.29 is 9.59 Å². The zero-order chi connectivity index (χ0) is 13.4. The first-order chi connectivity index (χ1) is 9.16. The van der Waals surface area contributed by atoms with Crippen LogP contribution in [-0.4, -0.2) is 23.3 Å². The fraction of sp³-hybridized carbons (Fsp3) is 0.625. The van der Waals surface area contributed by atoms with E-state index in [4.69, 9.17) is 0 Å². The van der Waals surface area contributed by atoms with Gasteiger partial charge in [0.1, 0.15) is 0 Å². The van der Waals surface area contributed by atoms with Crippen molar-refractivity contribution in [3.05, 3.63) is 24.3 Å².